The van der Waals surface area contributed by atoms with Gasteiger partial charge in [-0.05, 0) is 42.0 Å². The molecule has 0 radical (unpaired) electrons. The molecule has 0 saturated carbocycles. The highest BCUT2D eigenvalue weighted by molar-refractivity contribution is 9.10. The SMILES string of the molecule is COCc1cccc(NCC(=O)Nc2ccc(Br)cc2)c1. The molecule has 2 N–H and O–H groups in total. The number of methoxy groups -OCH3 is 1. The Labute approximate surface area is 132 Å². The first kappa shape index (κ1) is 15.5. The normalized spacial score (nSPS) is 10.2. The first-order valence-corrected chi connectivity index (χ1v) is 7.34. The van der Waals surface area contributed by atoms with E-state index in [1.165, 1.54) is 0 Å². The fourth-order valence-corrected chi connectivity index (χ4v) is 2.12. The standard InChI is InChI=1S/C16H17BrN2O2/c1-21-11-12-3-2-4-15(9-12)18-10-16(20)19-14-7-5-13(17)6-8-14/h2-9,18H,10-11H2,1H3,(H,19,20). The molecule has 0 spiro atoms. The summed E-state index contributed by atoms with van der Waals surface area (Å²) in [5.41, 5.74) is 2.74. The lowest BCUT2D eigenvalue weighted by atomic mass is 10.2. The fourth-order valence-electron chi connectivity index (χ4n) is 1.86. The van der Waals surface area contributed by atoms with Gasteiger partial charge in [0.05, 0.1) is 13.2 Å². The highest BCUT2D eigenvalue weighted by atomic mass is 79.9. The number of anilines is 2. The van der Waals surface area contributed by atoms with Gasteiger partial charge in [-0.2, -0.15) is 0 Å². The maximum Gasteiger partial charge on any atom is 0.243 e. The van der Waals surface area contributed by atoms with E-state index in [9.17, 15) is 4.79 Å². The zero-order valence-corrected chi connectivity index (χ0v) is 13.3. The van der Waals surface area contributed by atoms with Crippen LogP contribution in [0.25, 0.3) is 0 Å². The number of ether oxygens (including phenoxy) is 1. The molecule has 0 bridgehead atoms. The van der Waals surface area contributed by atoms with Crippen LogP contribution in [-0.4, -0.2) is 19.6 Å². The van der Waals surface area contributed by atoms with Crippen molar-refractivity contribution in [2.24, 2.45) is 0 Å². The van der Waals surface area contributed by atoms with E-state index >= 15 is 0 Å². The third-order valence-electron chi connectivity index (χ3n) is 2.82. The second kappa shape index (κ2) is 7.81. The van der Waals surface area contributed by atoms with Crippen LogP contribution in [0.5, 0.6) is 0 Å². The summed E-state index contributed by atoms with van der Waals surface area (Å²) in [7, 11) is 1.66. The highest BCUT2D eigenvalue weighted by Gasteiger charge is 2.03. The number of halogens is 1. The summed E-state index contributed by atoms with van der Waals surface area (Å²) >= 11 is 3.36. The fraction of sp³-hybridized carbons (Fsp3) is 0.188. The number of carbonyl (C=O) groups is 1. The third kappa shape index (κ3) is 5.21. The van der Waals surface area contributed by atoms with Crippen LogP contribution in [0.1, 0.15) is 5.56 Å². The van der Waals surface area contributed by atoms with Crippen molar-refractivity contribution in [3.8, 4) is 0 Å². The molecule has 0 aliphatic heterocycles. The first-order chi connectivity index (χ1) is 10.2. The lowest BCUT2D eigenvalue weighted by Gasteiger charge is -2.09. The molecule has 1 amide bonds. The summed E-state index contributed by atoms with van der Waals surface area (Å²) < 4.78 is 6.07. The number of rotatable bonds is 6. The Bertz CT molecular complexity index is 599. The van der Waals surface area contributed by atoms with Gasteiger partial charge in [-0.1, -0.05) is 28.1 Å². The third-order valence-corrected chi connectivity index (χ3v) is 3.35. The number of hydrogen-bond acceptors (Lipinski definition) is 3. The maximum absolute atomic E-state index is 11.9. The van der Waals surface area contributed by atoms with Gasteiger partial charge in [0.1, 0.15) is 0 Å². The zero-order chi connectivity index (χ0) is 15.1. The molecule has 0 saturated heterocycles. The Kier molecular flexibility index (Phi) is 5.78. The van der Waals surface area contributed by atoms with Gasteiger partial charge in [0.25, 0.3) is 0 Å². The van der Waals surface area contributed by atoms with E-state index in [0.717, 1.165) is 21.4 Å². The molecule has 21 heavy (non-hydrogen) atoms. The van der Waals surface area contributed by atoms with E-state index in [-0.39, 0.29) is 12.5 Å². The van der Waals surface area contributed by atoms with Crippen molar-refractivity contribution in [1.29, 1.82) is 0 Å². The van der Waals surface area contributed by atoms with Gasteiger partial charge < -0.3 is 15.4 Å². The minimum absolute atomic E-state index is 0.0885. The van der Waals surface area contributed by atoms with Crippen molar-refractivity contribution in [3.63, 3.8) is 0 Å². The van der Waals surface area contributed by atoms with E-state index < -0.39 is 0 Å². The molecule has 5 heteroatoms. The van der Waals surface area contributed by atoms with Crippen molar-refractivity contribution in [1.82, 2.24) is 0 Å². The van der Waals surface area contributed by atoms with Crippen LogP contribution < -0.4 is 10.6 Å². The molecule has 0 unspecified atom stereocenters. The van der Waals surface area contributed by atoms with Crippen LogP contribution in [0.3, 0.4) is 0 Å². The first-order valence-electron chi connectivity index (χ1n) is 6.54. The van der Waals surface area contributed by atoms with E-state index in [4.69, 9.17) is 4.74 Å². The van der Waals surface area contributed by atoms with Gasteiger partial charge in [0.2, 0.25) is 5.91 Å². The summed E-state index contributed by atoms with van der Waals surface area (Å²) in [4.78, 5) is 11.9. The molecule has 2 aromatic rings. The molecule has 4 nitrogen and oxygen atoms in total. The van der Waals surface area contributed by atoms with Crippen LogP contribution >= 0.6 is 15.9 Å². The molecular formula is C16H17BrN2O2. The van der Waals surface area contributed by atoms with Crippen molar-refractivity contribution in [2.45, 2.75) is 6.61 Å². The summed E-state index contributed by atoms with van der Waals surface area (Å²) in [5, 5.41) is 5.93. The van der Waals surface area contributed by atoms with Gasteiger partial charge in [-0.15, -0.1) is 0 Å². The number of nitrogens with one attached hydrogen (secondary N) is 2. The molecule has 0 atom stereocenters. The van der Waals surface area contributed by atoms with Gasteiger partial charge >= 0.3 is 0 Å². The molecule has 0 heterocycles. The summed E-state index contributed by atoms with van der Waals surface area (Å²) in [5.74, 6) is -0.0885. The molecular weight excluding hydrogens is 332 g/mol. The minimum Gasteiger partial charge on any atom is -0.380 e. The van der Waals surface area contributed by atoms with Crippen LogP contribution in [0, 0.1) is 0 Å². The lowest BCUT2D eigenvalue weighted by Crippen LogP contribution is -2.21. The smallest absolute Gasteiger partial charge is 0.243 e. The Hall–Kier alpha value is -1.85. The molecule has 2 rings (SSSR count). The molecule has 2 aromatic carbocycles. The summed E-state index contributed by atoms with van der Waals surface area (Å²) in [6, 6.07) is 15.3. The van der Waals surface area contributed by atoms with Gasteiger partial charge in [-0.3, -0.25) is 4.79 Å². The second-order valence-corrected chi connectivity index (χ2v) is 5.46. The van der Waals surface area contributed by atoms with Crippen molar-refractivity contribution >= 4 is 33.2 Å². The molecule has 0 aliphatic rings. The largest absolute Gasteiger partial charge is 0.380 e. The number of benzene rings is 2. The van der Waals surface area contributed by atoms with Crippen molar-refractivity contribution in [2.75, 3.05) is 24.3 Å². The Morgan fingerprint density at radius 2 is 1.90 bits per heavy atom. The van der Waals surface area contributed by atoms with E-state index in [1.807, 2.05) is 48.5 Å². The van der Waals surface area contributed by atoms with Crippen LogP contribution in [-0.2, 0) is 16.1 Å². The number of amides is 1. The van der Waals surface area contributed by atoms with Crippen molar-refractivity contribution in [3.05, 3.63) is 58.6 Å². The number of hydrogen-bond donors (Lipinski definition) is 2. The van der Waals surface area contributed by atoms with Crippen LogP contribution in [0.4, 0.5) is 11.4 Å². The number of carbonyl (C=O) groups excluding carboxylic acids is 1. The average molecular weight is 349 g/mol. The van der Waals surface area contributed by atoms with Crippen LogP contribution in [0.15, 0.2) is 53.0 Å². The van der Waals surface area contributed by atoms with E-state index in [1.54, 1.807) is 7.11 Å². The van der Waals surface area contributed by atoms with Gasteiger partial charge in [-0.25, -0.2) is 0 Å². The molecule has 0 fully saturated rings. The second-order valence-electron chi connectivity index (χ2n) is 4.54. The Morgan fingerprint density at radius 1 is 1.14 bits per heavy atom. The van der Waals surface area contributed by atoms with E-state index in [2.05, 4.69) is 26.6 Å². The van der Waals surface area contributed by atoms with E-state index in [0.29, 0.717) is 6.61 Å². The predicted octanol–water partition coefficient (Wildman–Crippen LogP) is 3.65. The minimum atomic E-state index is -0.0885. The van der Waals surface area contributed by atoms with Gasteiger partial charge in [0.15, 0.2) is 0 Å². The van der Waals surface area contributed by atoms with Gasteiger partial charge in [0, 0.05) is 23.0 Å². The molecule has 110 valence electrons. The molecule has 0 aromatic heterocycles. The Balaban J connectivity index is 1.86. The monoisotopic (exact) mass is 348 g/mol. The predicted molar refractivity (Wildman–Crippen MR) is 88.4 cm³/mol. The lowest BCUT2D eigenvalue weighted by molar-refractivity contribution is -0.114. The van der Waals surface area contributed by atoms with Crippen molar-refractivity contribution < 1.29 is 9.53 Å². The molecule has 0 aliphatic carbocycles. The topological polar surface area (TPSA) is 50.4 Å². The highest BCUT2D eigenvalue weighted by Crippen LogP contribution is 2.14. The summed E-state index contributed by atoms with van der Waals surface area (Å²) in [6.45, 7) is 0.771. The van der Waals surface area contributed by atoms with Crippen LogP contribution in [0.2, 0.25) is 0 Å². The Morgan fingerprint density at radius 3 is 2.62 bits per heavy atom. The quantitative estimate of drug-likeness (QED) is 0.837. The summed E-state index contributed by atoms with van der Waals surface area (Å²) in [6.07, 6.45) is 0. The average Bonchev–Trinajstić information content (AvgIpc) is 2.48. The zero-order valence-electron chi connectivity index (χ0n) is 11.7. The maximum atomic E-state index is 11.9.